The van der Waals surface area contributed by atoms with E-state index in [1.165, 1.54) is 23.4 Å². The molecule has 1 N–H and O–H groups in total. The third kappa shape index (κ3) is 5.60. The van der Waals surface area contributed by atoms with Crippen molar-refractivity contribution in [3.05, 3.63) is 34.3 Å². The molecule has 0 unspecified atom stereocenters. The van der Waals surface area contributed by atoms with E-state index in [4.69, 9.17) is 0 Å². The highest BCUT2D eigenvalue weighted by Gasteiger charge is 2.20. The van der Waals surface area contributed by atoms with Crippen molar-refractivity contribution in [2.24, 2.45) is 0 Å². The van der Waals surface area contributed by atoms with Gasteiger partial charge in [-0.3, -0.25) is 4.90 Å². The SMILES string of the molecule is C=C(/C=C\c1scnc1CCCC)CN1CCN(c2nnc(NC)s2)CC1. The molecule has 1 saturated heterocycles. The topological polar surface area (TPSA) is 57.2 Å². The first-order valence-electron chi connectivity index (χ1n) is 9.46. The minimum absolute atomic E-state index is 0.868. The third-order valence-corrected chi connectivity index (χ3v) is 6.45. The maximum absolute atomic E-state index is 4.50. The van der Waals surface area contributed by atoms with Crippen LogP contribution >= 0.6 is 22.7 Å². The zero-order valence-corrected chi connectivity index (χ0v) is 17.8. The summed E-state index contributed by atoms with van der Waals surface area (Å²) in [5.74, 6) is 0. The molecule has 6 nitrogen and oxygen atoms in total. The summed E-state index contributed by atoms with van der Waals surface area (Å²) in [6.07, 6.45) is 7.79. The van der Waals surface area contributed by atoms with Crippen LogP contribution in [0.2, 0.25) is 0 Å². The summed E-state index contributed by atoms with van der Waals surface area (Å²) in [5, 5.41) is 13.3. The predicted octanol–water partition coefficient (Wildman–Crippen LogP) is 3.77. The molecule has 0 bridgehead atoms. The summed E-state index contributed by atoms with van der Waals surface area (Å²) in [5.41, 5.74) is 4.31. The first kappa shape index (κ1) is 20.0. The molecule has 3 heterocycles. The van der Waals surface area contributed by atoms with E-state index < -0.39 is 0 Å². The van der Waals surface area contributed by atoms with Gasteiger partial charge < -0.3 is 10.2 Å². The van der Waals surface area contributed by atoms with Crippen LogP contribution in [0.4, 0.5) is 10.3 Å². The van der Waals surface area contributed by atoms with Crippen LogP contribution in [-0.4, -0.2) is 59.9 Å². The smallest absolute Gasteiger partial charge is 0.210 e. The predicted molar refractivity (Wildman–Crippen MR) is 117 cm³/mol. The van der Waals surface area contributed by atoms with E-state index in [-0.39, 0.29) is 0 Å². The van der Waals surface area contributed by atoms with Crippen molar-refractivity contribution in [2.75, 3.05) is 50.0 Å². The van der Waals surface area contributed by atoms with Crippen LogP contribution < -0.4 is 10.2 Å². The van der Waals surface area contributed by atoms with Crippen LogP contribution in [0.25, 0.3) is 6.08 Å². The first-order valence-corrected chi connectivity index (χ1v) is 11.2. The lowest BCUT2D eigenvalue weighted by Crippen LogP contribution is -2.46. The van der Waals surface area contributed by atoms with Gasteiger partial charge in [0.15, 0.2) is 0 Å². The Labute approximate surface area is 169 Å². The van der Waals surface area contributed by atoms with Gasteiger partial charge in [0, 0.05) is 39.8 Å². The summed E-state index contributed by atoms with van der Waals surface area (Å²) in [6.45, 7) is 11.4. The molecule has 146 valence electrons. The Morgan fingerprint density at radius 3 is 2.81 bits per heavy atom. The van der Waals surface area contributed by atoms with E-state index in [1.54, 1.807) is 22.7 Å². The van der Waals surface area contributed by atoms with Gasteiger partial charge in [-0.25, -0.2) is 4.98 Å². The lowest BCUT2D eigenvalue weighted by molar-refractivity contribution is 0.280. The molecule has 8 heteroatoms. The molecule has 0 radical (unpaired) electrons. The average molecular weight is 405 g/mol. The maximum atomic E-state index is 4.50. The second-order valence-electron chi connectivity index (χ2n) is 6.66. The summed E-state index contributed by atoms with van der Waals surface area (Å²) in [7, 11) is 1.88. The summed E-state index contributed by atoms with van der Waals surface area (Å²) < 4.78 is 0. The minimum atomic E-state index is 0.868. The Kier molecular flexibility index (Phi) is 7.37. The number of nitrogens with zero attached hydrogens (tertiary/aromatic N) is 5. The van der Waals surface area contributed by atoms with Crippen molar-refractivity contribution in [1.82, 2.24) is 20.1 Å². The van der Waals surface area contributed by atoms with E-state index >= 15 is 0 Å². The lowest BCUT2D eigenvalue weighted by atomic mass is 10.1. The van der Waals surface area contributed by atoms with Crippen molar-refractivity contribution in [1.29, 1.82) is 0 Å². The Morgan fingerprint density at radius 1 is 1.30 bits per heavy atom. The number of anilines is 2. The fourth-order valence-corrected chi connectivity index (χ4v) is 4.50. The number of thiazole rings is 1. The van der Waals surface area contributed by atoms with Gasteiger partial charge >= 0.3 is 0 Å². The second kappa shape index (κ2) is 9.96. The van der Waals surface area contributed by atoms with Crippen molar-refractivity contribution < 1.29 is 0 Å². The quantitative estimate of drug-likeness (QED) is 0.642. The maximum Gasteiger partial charge on any atom is 0.210 e. The van der Waals surface area contributed by atoms with Gasteiger partial charge in [0.1, 0.15) is 0 Å². The summed E-state index contributed by atoms with van der Waals surface area (Å²) >= 11 is 3.32. The molecule has 1 aliphatic heterocycles. The highest BCUT2D eigenvalue weighted by atomic mass is 32.1. The molecule has 0 saturated carbocycles. The summed E-state index contributed by atoms with van der Waals surface area (Å²) in [4.78, 5) is 10.5. The Bertz CT molecular complexity index is 758. The number of hydrogen-bond acceptors (Lipinski definition) is 8. The van der Waals surface area contributed by atoms with Crippen LogP contribution in [0.1, 0.15) is 30.3 Å². The van der Waals surface area contributed by atoms with Gasteiger partial charge in [-0.2, -0.15) is 0 Å². The Hall–Kier alpha value is -1.77. The standard InChI is InChI=1S/C19H28N6S2/c1-4-5-6-16-17(26-14-21-16)8-7-15(2)13-24-9-11-25(12-10-24)19-23-22-18(20-3)27-19/h7-8,14H,2,4-6,9-13H2,1,3H3,(H,20,22)/b8-7-. The Balaban J connectivity index is 1.46. The number of hydrogen-bond donors (Lipinski definition) is 1. The van der Waals surface area contributed by atoms with Gasteiger partial charge in [0.2, 0.25) is 10.3 Å². The molecule has 0 aromatic carbocycles. The van der Waals surface area contributed by atoms with Crippen LogP contribution in [0, 0.1) is 0 Å². The average Bonchev–Trinajstić information content (AvgIpc) is 3.34. The van der Waals surface area contributed by atoms with Crippen molar-refractivity contribution in [2.45, 2.75) is 26.2 Å². The summed E-state index contributed by atoms with van der Waals surface area (Å²) in [6, 6.07) is 0. The van der Waals surface area contributed by atoms with Crippen LogP contribution in [-0.2, 0) is 6.42 Å². The van der Waals surface area contributed by atoms with Crippen LogP contribution in [0.5, 0.6) is 0 Å². The van der Waals surface area contributed by atoms with E-state index in [2.05, 4.69) is 56.0 Å². The van der Waals surface area contributed by atoms with E-state index in [0.717, 1.165) is 55.0 Å². The molecule has 3 rings (SSSR count). The molecule has 1 aliphatic rings. The zero-order chi connectivity index (χ0) is 19.1. The number of rotatable bonds is 9. The molecular formula is C19H28N6S2. The van der Waals surface area contributed by atoms with Gasteiger partial charge in [0.25, 0.3) is 0 Å². The molecule has 2 aromatic rings. The highest BCUT2D eigenvalue weighted by Crippen LogP contribution is 2.24. The van der Waals surface area contributed by atoms with E-state index in [9.17, 15) is 0 Å². The largest absolute Gasteiger partial charge is 0.363 e. The second-order valence-corrected chi connectivity index (χ2v) is 8.50. The molecule has 1 fully saturated rings. The number of unbranched alkanes of at least 4 members (excludes halogenated alkanes) is 1. The van der Waals surface area contributed by atoms with E-state index in [1.807, 2.05) is 12.6 Å². The van der Waals surface area contributed by atoms with Crippen LogP contribution in [0.15, 0.2) is 23.7 Å². The van der Waals surface area contributed by atoms with Gasteiger partial charge in [-0.15, -0.1) is 21.5 Å². The van der Waals surface area contributed by atoms with Crippen molar-refractivity contribution >= 4 is 39.0 Å². The molecule has 27 heavy (non-hydrogen) atoms. The number of aromatic nitrogens is 3. The highest BCUT2D eigenvalue weighted by molar-refractivity contribution is 7.19. The van der Waals surface area contributed by atoms with Crippen molar-refractivity contribution in [3.63, 3.8) is 0 Å². The lowest BCUT2D eigenvalue weighted by Gasteiger charge is -2.34. The third-order valence-electron chi connectivity index (χ3n) is 4.61. The number of aryl methyl sites for hydroxylation is 1. The molecule has 0 spiro atoms. The monoisotopic (exact) mass is 404 g/mol. The number of nitrogens with one attached hydrogen (secondary N) is 1. The zero-order valence-electron chi connectivity index (χ0n) is 16.1. The Morgan fingerprint density at radius 2 is 2.11 bits per heavy atom. The van der Waals surface area contributed by atoms with Gasteiger partial charge in [-0.1, -0.05) is 37.3 Å². The molecule has 0 aliphatic carbocycles. The van der Waals surface area contributed by atoms with Gasteiger partial charge in [0.05, 0.1) is 16.1 Å². The normalized spacial score (nSPS) is 15.6. The fraction of sp³-hybridized carbons (Fsp3) is 0.526. The molecule has 0 amide bonds. The first-order chi connectivity index (χ1) is 13.2. The van der Waals surface area contributed by atoms with Gasteiger partial charge in [-0.05, 0) is 24.5 Å². The number of piperazine rings is 1. The fourth-order valence-electron chi connectivity index (χ4n) is 3.02. The minimum Gasteiger partial charge on any atom is -0.363 e. The molecular weight excluding hydrogens is 376 g/mol. The molecule has 0 atom stereocenters. The van der Waals surface area contributed by atoms with Crippen LogP contribution in [0.3, 0.4) is 0 Å². The van der Waals surface area contributed by atoms with E-state index in [0.29, 0.717) is 0 Å². The van der Waals surface area contributed by atoms with Crippen molar-refractivity contribution in [3.8, 4) is 0 Å². The molecule has 2 aromatic heterocycles.